The molecule has 0 aliphatic carbocycles. The van der Waals surface area contributed by atoms with Crippen molar-refractivity contribution in [2.45, 2.75) is 32.4 Å². The number of fused-ring (bicyclic) bond motifs is 1. The first-order valence-corrected chi connectivity index (χ1v) is 7.30. The number of amides is 1. The van der Waals surface area contributed by atoms with Gasteiger partial charge in [-0.3, -0.25) is 4.79 Å². The Morgan fingerprint density at radius 2 is 2.20 bits per heavy atom. The summed E-state index contributed by atoms with van der Waals surface area (Å²) < 4.78 is 5.33. The second kappa shape index (κ2) is 5.09. The van der Waals surface area contributed by atoms with E-state index in [9.17, 15) is 4.79 Å². The topological polar surface area (TPSA) is 41.6 Å². The summed E-state index contributed by atoms with van der Waals surface area (Å²) in [5.74, 6) is 1.53. The lowest BCUT2D eigenvalue weighted by Gasteiger charge is -2.28. The van der Waals surface area contributed by atoms with Crippen molar-refractivity contribution in [1.82, 2.24) is 10.2 Å². The highest BCUT2D eigenvalue weighted by Crippen LogP contribution is 2.33. The minimum Gasteiger partial charge on any atom is -0.496 e. The van der Waals surface area contributed by atoms with E-state index in [1.54, 1.807) is 7.11 Å². The number of carbonyl (C=O) groups excluding carboxylic acids is 1. The van der Waals surface area contributed by atoms with Crippen LogP contribution >= 0.6 is 0 Å². The van der Waals surface area contributed by atoms with E-state index in [-0.39, 0.29) is 5.91 Å². The number of nitrogens with zero attached hydrogens (tertiary/aromatic N) is 1. The fourth-order valence-electron chi connectivity index (χ4n) is 3.62. The van der Waals surface area contributed by atoms with E-state index in [0.29, 0.717) is 18.0 Å². The molecule has 2 aliphatic rings. The average molecular weight is 274 g/mol. The predicted molar refractivity (Wildman–Crippen MR) is 78.1 cm³/mol. The van der Waals surface area contributed by atoms with Crippen molar-refractivity contribution in [2.75, 3.05) is 20.2 Å². The van der Waals surface area contributed by atoms with E-state index in [1.807, 2.05) is 25.1 Å². The van der Waals surface area contributed by atoms with Gasteiger partial charge in [0.05, 0.1) is 7.11 Å². The largest absolute Gasteiger partial charge is 0.496 e. The van der Waals surface area contributed by atoms with E-state index >= 15 is 0 Å². The summed E-state index contributed by atoms with van der Waals surface area (Å²) in [5, 5.41) is 3.39. The van der Waals surface area contributed by atoms with E-state index in [4.69, 9.17) is 4.74 Å². The van der Waals surface area contributed by atoms with Crippen LogP contribution in [-0.4, -0.2) is 43.1 Å². The Kier molecular flexibility index (Phi) is 3.42. The quantitative estimate of drug-likeness (QED) is 0.894. The molecule has 108 valence electrons. The van der Waals surface area contributed by atoms with E-state index < -0.39 is 0 Å². The van der Waals surface area contributed by atoms with Gasteiger partial charge in [0.15, 0.2) is 0 Å². The van der Waals surface area contributed by atoms with Gasteiger partial charge in [-0.1, -0.05) is 6.07 Å². The molecule has 2 aliphatic heterocycles. The Morgan fingerprint density at radius 3 is 2.95 bits per heavy atom. The van der Waals surface area contributed by atoms with Crippen LogP contribution in [0.15, 0.2) is 18.2 Å². The highest BCUT2D eigenvalue weighted by atomic mass is 16.5. The zero-order valence-corrected chi connectivity index (χ0v) is 12.3. The first kappa shape index (κ1) is 13.4. The van der Waals surface area contributed by atoms with Gasteiger partial charge in [0.25, 0.3) is 5.91 Å². The van der Waals surface area contributed by atoms with Gasteiger partial charge >= 0.3 is 0 Å². The van der Waals surface area contributed by atoms with Gasteiger partial charge in [0, 0.05) is 30.7 Å². The molecule has 20 heavy (non-hydrogen) atoms. The normalized spacial score (nSPS) is 28.6. The SMILES string of the molecule is COc1cc(C(=O)N2C(C)CC3CNCC32)ccc1C. The van der Waals surface area contributed by atoms with E-state index in [1.165, 1.54) is 0 Å². The molecule has 1 N–H and O–H groups in total. The zero-order chi connectivity index (χ0) is 14.3. The molecule has 1 aromatic rings. The molecule has 2 saturated heterocycles. The summed E-state index contributed by atoms with van der Waals surface area (Å²) in [6, 6.07) is 6.40. The van der Waals surface area contributed by atoms with Gasteiger partial charge in [0.2, 0.25) is 0 Å². The Hall–Kier alpha value is -1.55. The van der Waals surface area contributed by atoms with Crippen molar-refractivity contribution in [3.8, 4) is 5.75 Å². The van der Waals surface area contributed by atoms with Gasteiger partial charge in [-0.15, -0.1) is 0 Å². The summed E-state index contributed by atoms with van der Waals surface area (Å²) in [6.07, 6.45) is 1.10. The minimum atomic E-state index is 0.131. The number of hydrogen-bond acceptors (Lipinski definition) is 3. The number of nitrogens with one attached hydrogen (secondary N) is 1. The van der Waals surface area contributed by atoms with Crippen LogP contribution < -0.4 is 10.1 Å². The van der Waals surface area contributed by atoms with Gasteiger partial charge < -0.3 is 15.0 Å². The first-order chi connectivity index (χ1) is 9.61. The van der Waals surface area contributed by atoms with Gasteiger partial charge in [-0.25, -0.2) is 0 Å². The Bertz CT molecular complexity index is 529. The van der Waals surface area contributed by atoms with Crippen LogP contribution in [0.25, 0.3) is 0 Å². The number of benzene rings is 1. The summed E-state index contributed by atoms with van der Waals surface area (Å²) in [7, 11) is 1.64. The molecular formula is C16H22N2O2. The lowest BCUT2D eigenvalue weighted by Crippen LogP contribution is -2.42. The number of ether oxygens (including phenoxy) is 1. The molecule has 0 radical (unpaired) electrons. The lowest BCUT2D eigenvalue weighted by atomic mass is 10.0. The molecule has 0 bridgehead atoms. The highest BCUT2D eigenvalue weighted by Gasteiger charge is 2.44. The van der Waals surface area contributed by atoms with Crippen LogP contribution in [0, 0.1) is 12.8 Å². The lowest BCUT2D eigenvalue weighted by molar-refractivity contribution is 0.0682. The molecule has 0 aromatic heterocycles. The molecule has 3 unspecified atom stereocenters. The number of likely N-dealkylation sites (tertiary alicyclic amines) is 1. The van der Waals surface area contributed by atoms with Crippen LogP contribution in [0.4, 0.5) is 0 Å². The summed E-state index contributed by atoms with van der Waals surface area (Å²) in [5.41, 5.74) is 1.78. The van der Waals surface area contributed by atoms with Gasteiger partial charge in [-0.2, -0.15) is 0 Å². The van der Waals surface area contributed by atoms with Crippen molar-refractivity contribution in [3.05, 3.63) is 29.3 Å². The molecule has 4 nitrogen and oxygen atoms in total. The molecule has 1 amide bonds. The third-order valence-electron chi connectivity index (χ3n) is 4.67. The van der Waals surface area contributed by atoms with Crippen molar-refractivity contribution in [2.24, 2.45) is 5.92 Å². The molecule has 3 atom stereocenters. The number of rotatable bonds is 2. The maximum Gasteiger partial charge on any atom is 0.254 e. The second-order valence-corrected chi connectivity index (χ2v) is 5.97. The molecule has 0 spiro atoms. The molecule has 0 saturated carbocycles. The third-order valence-corrected chi connectivity index (χ3v) is 4.67. The molecule has 1 aromatic carbocycles. The molecule has 2 heterocycles. The number of carbonyl (C=O) groups is 1. The standard InChI is InChI=1S/C16H22N2O2/c1-10-4-5-12(7-15(10)20-3)16(19)18-11(2)6-13-8-17-9-14(13)18/h4-5,7,11,13-14,17H,6,8-9H2,1-3H3. The molecule has 4 heteroatoms. The third kappa shape index (κ3) is 2.08. The van der Waals surface area contributed by atoms with Crippen molar-refractivity contribution in [3.63, 3.8) is 0 Å². The van der Waals surface area contributed by atoms with Crippen molar-refractivity contribution >= 4 is 5.91 Å². The monoisotopic (exact) mass is 274 g/mol. The van der Waals surface area contributed by atoms with Crippen LogP contribution in [0.2, 0.25) is 0 Å². The van der Waals surface area contributed by atoms with Crippen LogP contribution in [0.5, 0.6) is 5.75 Å². The Balaban J connectivity index is 1.88. The fourth-order valence-corrected chi connectivity index (χ4v) is 3.62. The Labute approximate surface area is 120 Å². The van der Waals surface area contributed by atoms with Crippen LogP contribution in [-0.2, 0) is 0 Å². The first-order valence-electron chi connectivity index (χ1n) is 7.30. The average Bonchev–Trinajstić information content (AvgIpc) is 2.98. The zero-order valence-electron chi connectivity index (χ0n) is 12.3. The van der Waals surface area contributed by atoms with Crippen LogP contribution in [0.1, 0.15) is 29.3 Å². The maximum atomic E-state index is 12.8. The minimum absolute atomic E-state index is 0.131. The molecule has 3 rings (SSSR count). The summed E-state index contributed by atoms with van der Waals surface area (Å²) in [4.78, 5) is 14.9. The van der Waals surface area contributed by atoms with Crippen molar-refractivity contribution < 1.29 is 9.53 Å². The maximum absolute atomic E-state index is 12.8. The fraction of sp³-hybridized carbons (Fsp3) is 0.562. The van der Waals surface area contributed by atoms with E-state index in [2.05, 4.69) is 17.1 Å². The molecular weight excluding hydrogens is 252 g/mol. The molecule has 2 fully saturated rings. The number of hydrogen-bond donors (Lipinski definition) is 1. The van der Waals surface area contributed by atoms with Gasteiger partial charge in [0.1, 0.15) is 5.75 Å². The second-order valence-electron chi connectivity index (χ2n) is 5.97. The Morgan fingerprint density at radius 1 is 1.40 bits per heavy atom. The van der Waals surface area contributed by atoms with Gasteiger partial charge in [-0.05, 0) is 43.9 Å². The summed E-state index contributed by atoms with van der Waals surface area (Å²) >= 11 is 0. The van der Waals surface area contributed by atoms with Crippen LogP contribution in [0.3, 0.4) is 0 Å². The number of aryl methyl sites for hydroxylation is 1. The smallest absolute Gasteiger partial charge is 0.254 e. The predicted octanol–water partition coefficient (Wildman–Crippen LogP) is 1.83. The highest BCUT2D eigenvalue weighted by molar-refractivity contribution is 5.95. The van der Waals surface area contributed by atoms with E-state index in [0.717, 1.165) is 36.4 Å². The summed E-state index contributed by atoms with van der Waals surface area (Å²) in [6.45, 7) is 6.10. The number of methoxy groups -OCH3 is 1. The van der Waals surface area contributed by atoms with Crippen molar-refractivity contribution in [1.29, 1.82) is 0 Å².